The summed E-state index contributed by atoms with van der Waals surface area (Å²) in [6, 6.07) is 11.7. The maximum absolute atomic E-state index is 11.1. The van der Waals surface area contributed by atoms with Crippen LogP contribution in [-0.4, -0.2) is 19.9 Å². The van der Waals surface area contributed by atoms with Crippen LogP contribution >= 0.6 is 11.6 Å². The van der Waals surface area contributed by atoms with Gasteiger partial charge in [-0.05, 0) is 24.3 Å². The highest BCUT2D eigenvalue weighted by Crippen LogP contribution is 2.28. The predicted molar refractivity (Wildman–Crippen MR) is 70.5 cm³/mol. The number of aromatic nitrogens is 3. The first kappa shape index (κ1) is 11.6. The van der Waals surface area contributed by atoms with Gasteiger partial charge in [-0.25, -0.2) is 4.68 Å². The Morgan fingerprint density at radius 2 is 2.00 bits per heavy atom. The Kier molecular flexibility index (Phi) is 2.64. The molecular formula is C12H7ClN4O2. The molecule has 1 aromatic heterocycles. The van der Waals surface area contributed by atoms with E-state index in [1.54, 1.807) is 24.3 Å². The number of nitro groups is 1. The Balaban J connectivity index is 2.30. The van der Waals surface area contributed by atoms with Crippen molar-refractivity contribution in [3.63, 3.8) is 0 Å². The van der Waals surface area contributed by atoms with Gasteiger partial charge in [-0.1, -0.05) is 28.9 Å². The van der Waals surface area contributed by atoms with E-state index in [1.807, 2.05) is 12.1 Å². The molecule has 0 atom stereocenters. The summed E-state index contributed by atoms with van der Waals surface area (Å²) in [7, 11) is 0. The zero-order valence-electron chi connectivity index (χ0n) is 9.52. The summed E-state index contributed by atoms with van der Waals surface area (Å²) < 4.78 is 1.43. The first-order chi connectivity index (χ1) is 9.16. The Morgan fingerprint density at radius 3 is 2.79 bits per heavy atom. The van der Waals surface area contributed by atoms with Crippen molar-refractivity contribution in [2.75, 3.05) is 0 Å². The van der Waals surface area contributed by atoms with Gasteiger partial charge >= 0.3 is 0 Å². The second-order valence-corrected chi connectivity index (χ2v) is 4.32. The highest BCUT2D eigenvalue weighted by molar-refractivity contribution is 6.30. The molecule has 0 amide bonds. The molecule has 0 fully saturated rings. The van der Waals surface area contributed by atoms with Crippen molar-refractivity contribution in [1.29, 1.82) is 0 Å². The lowest BCUT2D eigenvalue weighted by molar-refractivity contribution is -0.384. The fraction of sp³-hybridized carbons (Fsp3) is 0. The van der Waals surface area contributed by atoms with Gasteiger partial charge in [-0.15, -0.1) is 5.10 Å². The molecule has 1 heterocycles. The van der Waals surface area contributed by atoms with E-state index in [1.165, 1.54) is 10.7 Å². The van der Waals surface area contributed by atoms with Crippen molar-refractivity contribution in [2.24, 2.45) is 0 Å². The Morgan fingerprint density at radius 1 is 1.21 bits per heavy atom. The molecular weight excluding hydrogens is 268 g/mol. The van der Waals surface area contributed by atoms with Crippen LogP contribution in [0.15, 0.2) is 42.5 Å². The van der Waals surface area contributed by atoms with E-state index in [4.69, 9.17) is 11.6 Å². The summed E-state index contributed by atoms with van der Waals surface area (Å²) in [4.78, 5) is 10.6. The van der Waals surface area contributed by atoms with Gasteiger partial charge in [0.2, 0.25) is 0 Å². The molecule has 0 bridgehead atoms. The van der Waals surface area contributed by atoms with Gasteiger partial charge in [0.05, 0.1) is 10.4 Å². The number of benzene rings is 2. The summed E-state index contributed by atoms with van der Waals surface area (Å²) in [5.41, 5.74) is 1.60. The topological polar surface area (TPSA) is 73.8 Å². The molecule has 2 aromatic carbocycles. The molecule has 94 valence electrons. The highest BCUT2D eigenvalue weighted by Gasteiger charge is 2.18. The molecule has 3 aromatic rings. The fourth-order valence-electron chi connectivity index (χ4n) is 1.87. The third-order valence-electron chi connectivity index (χ3n) is 2.71. The SMILES string of the molecule is O=[N+]([O-])c1cc(Cl)ccc1-n1nnc2ccccc21. The predicted octanol–water partition coefficient (Wildman–Crippen LogP) is 2.98. The van der Waals surface area contributed by atoms with Crippen LogP contribution in [0.4, 0.5) is 5.69 Å². The zero-order valence-corrected chi connectivity index (χ0v) is 10.3. The van der Waals surface area contributed by atoms with Gasteiger partial charge in [0.25, 0.3) is 5.69 Å². The van der Waals surface area contributed by atoms with Crippen LogP contribution < -0.4 is 0 Å². The molecule has 0 N–H and O–H groups in total. The van der Waals surface area contributed by atoms with E-state index >= 15 is 0 Å². The summed E-state index contributed by atoms with van der Waals surface area (Å²) in [5.74, 6) is 0. The molecule has 6 nitrogen and oxygen atoms in total. The maximum atomic E-state index is 11.1. The van der Waals surface area contributed by atoms with Gasteiger partial charge in [-0.3, -0.25) is 10.1 Å². The molecule has 0 aliphatic heterocycles. The lowest BCUT2D eigenvalue weighted by Gasteiger charge is -2.03. The van der Waals surface area contributed by atoms with Gasteiger partial charge in [0.15, 0.2) is 0 Å². The zero-order chi connectivity index (χ0) is 13.4. The molecule has 0 radical (unpaired) electrons. The van der Waals surface area contributed by atoms with Gasteiger partial charge in [0.1, 0.15) is 11.2 Å². The Bertz CT molecular complexity index is 784. The van der Waals surface area contributed by atoms with Gasteiger partial charge < -0.3 is 0 Å². The Labute approximate surface area is 112 Å². The van der Waals surface area contributed by atoms with Crippen molar-refractivity contribution >= 4 is 28.3 Å². The maximum Gasteiger partial charge on any atom is 0.296 e. The van der Waals surface area contributed by atoms with E-state index in [0.29, 0.717) is 21.7 Å². The van der Waals surface area contributed by atoms with E-state index < -0.39 is 4.92 Å². The molecule has 7 heteroatoms. The average Bonchev–Trinajstić information content (AvgIpc) is 2.82. The van der Waals surface area contributed by atoms with E-state index in [2.05, 4.69) is 10.3 Å². The van der Waals surface area contributed by atoms with Crippen LogP contribution in [0.5, 0.6) is 0 Å². The van der Waals surface area contributed by atoms with Crippen molar-refractivity contribution in [1.82, 2.24) is 15.0 Å². The normalized spacial score (nSPS) is 10.8. The minimum absolute atomic E-state index is 0.108. The first-order valence-electron chi connectivity index (χ1n) is 5.41. The molecule has 19 heavy (non-hydrogen) atoms. The molecule has 0 saturated heterocycles. The molecule has 0 spiro atoms. The first-order valence-corrected chi connectivity index (χ1v) is 5.79. The van der Waals surface area contributed by atoms with Crippen LogP contribution in [0.3, 0.4) is 0 Å². The molecule has 0 aliphatic rings. The number of nitro benzene ring substituents is 1. The van der Waals surface area contributed by atoms with Crippen molar-refractivity contribution in [3.05, 3.63) is 57.6 Å². The van der Waals surface area contributed by atoms with Crippen LogP contribution in [-0.2, 0) is 0 Å². The molecule has 0 saturated carbocycles. The monoisotopic (exact) mass is 274 g/mol. The number of hydrogen-bond donors (Lipinski definition) is 0. The van der Waals surface area contributed by atoms with Crippen LogP contribution in [0, 0.1) is 10.1 Å². The third-order valence-corrected chi connectivity index (χ3v) is 2.95. The van der Waals surface area contributed by atoms with Crippen molar-refractivity contribution < 1.29 is 4.92 Å². The number of halogens is 1. The largest absolute Gasteiger partial charge is 0.296 e. The Hall–Kier alpha value is -2.47. The molecule has 0 aliphatic carbocycles. The fourth-order valence-corrected chi connectivity index (χ4v) is 2.04. The molecule has 0 unspecified atom stereocenters. The van der Waals surface area contributed by atoms with Crippen molar-refractivity contribution in [3.8, 4) is 5.69 Å². The minimum atomic E-state index is -0.488. The summed E-state index contributed by atoms with van der Waals surface area (Å²) in [6.07, 6.45) is 0. The standard InChI is InChI=1S/C12H7ClN4O2/c13-8-5-6-11(12(7-8)17(18)19)16-10-4-2-1-3-9(10)14-15-16/h1-7H. The number of fused-ring (bicyclic) bond motifs is 1. The van der Waals surface area contributed by atoms with E-state index in [9.17, 15) is 10.1 Å². The number of hydrogen-bond acceptors (Lipinski definition) is 4. The van der Waals surface area contributed by atoms with E-state index in [-0.39, 0.29) is 5.69 Å². The number of rotatable bonds is 2. The second kappa shape index (κ2) is 4.33. The minimum Gasteiger partial charge on any atom is -0.258 e. The van der Waals surface area contributed by atoms with Crippen LogP contribution in [0.1, 0.15) is 0 Å². The number of nitrogens with zero attached hydrogens (tertiary/aromatic N) is 4. The quantitative estimate of drug-likeness (QED) is 0.532. The second-order valence-electron chi connectivity index (χ2n) is 3.88. The van der Waals surface area contributed by atoms with Crippen molar-refractivity contribution in [2.45, 2.75) is 0 Å². The summed E-state index contributed by atoms with van der Waals surface area (Å²) >= 11 is 5.79. The van der Waals surface area contributed by atoms with Crippen LogP contribution in [0.2, 0.25) is 5.02 Å². The molecule has 3 rings (SSSR count). The summed E-state index contributed by atoms with van der Waals surface area (Å²) in [5, 5.41) is 19.3. The average molecular weight is 275 g/mol. The summed E-state index contributed by atoms with van der Waals surface area (Å²) in [6.45, 7) is 0. The van der Waals surface area contributed by atoms with Gasteiger partial charge in [0, 0.05) is 11.1 Å². The van der Waals surface area contributed by atoms with Crippen LogP contribution in [0.25, 0.3) is 16.7 Å². The smallest absolute Gasteiger partial charge is 0.258 e. The lowest BCUT2D eigenvalue weighted by atomic mass is 10.2. The van der Waals surface area contributed by atoms with E-state index in [0.717, 1.165) is 0 Å². The lowest BCUT2D eigenvalue weighted by Crippen LogP contribution is -2.01. The third kappa shape index (κ3) is 1.92. The number of para-hydroxylation sites is 1. The highest BCUT2D eigenvalue weighted by atomic mass is 35.5. The van der Waals surface area contributed by atoms with Gasteiger partial charge in [-0.2, -0.15) is 0 Å².